The zero-order chi connectivity index (χ0) is 15.1. The lowest BCUT2D eigenvalue weighted by Crippen LogP contribution is -1.90. The smallest absolute Gasteiger partial charge is 0.161 e. The van der Waals surface area contributed by atoms with Gasteiger partial charge in [0.25, 0.3) is 0 Å². The Morgan fingerprint density at radius 2 is 1.71 bits per heavy atom. The van der Waals surface area contributed by atoms with Crippen LogP contribution in [0.1, 0.15) is 18.1 Å². The molecular formula is C18H20O2S. The Kier molecular flexibility index (Phi) is 5.76. The van der Waals surface area contributed by atoms with Gasteiger partial charge in [0.2, 0.25) is 0 Å². The van der Waals surface area contributed by atoms with Gasteiger partial charge in [0.05, 0.1) is 14.2 Å². The van der Waals surface area contributed by atoms with Crippen LogP contribution in [0, 0.1) is 0 Å². The lowest BCUT2D eigenvalue weighted by Gasteiger charge is -2.10. The number of hydrogen-bond donors (Lipinski definition) is 0. The van der Waals surface area contributed by atoms with Crippen molar-refractivity contribution in [1.82, 2.24) is 0 Å². The van der Waals surface area contributed by atoms with Gasteiger partial charge in [-0.3, -0.25) is 0 Å². The first kappa shape index (κ1) is 15.5. The van der Waals surface area contributed by atoms with E-state index in [1.165, 1.54) is 10.5 Å². The maximum atomic E-state index is 5.36. The van der Waals surface area contributed by atoms with Crippen LogP contribution in [0.25, 0.3) is 11.0 Å². The van der Waals surface area contributed by atoms with Crippen LogP contribution in [0.4, 0.5) is 0 Å². The average Bonchev–Trinajstić information content (AvgIpc) is 2.55. The molecule has 21 heavy (non-hydrogen) atoms. The minimum absolute atomic E-state index is 0.749. The summed E-state index contributed by atoms with van der Waals surface area (Å²) in [5, 5.41) is 0. The van der Waals surface area contributed by atoms with Crippen molar-refractivity contribution in [2.45, 2.75) is 6.92 Å². The van der Waals surface area contributed by atoms with Gasteiger partial charge in [0.1, 0.15) is 0 Å². The summed E-state index contributed by atoms with van der Waals surface area (Å²) in [6, 6.07) is 16.4. The maximum absolute atomic E-state index is 5.36. The highest BCUT2D eigenvalue weighted by Crippen LogP contribution is 2.33. The largest absolute Gasteiger partial charge is 0.493 e. The second kappa shape index (κ2) is 7.79. The minimum Gasteiger partial charge on any atom is -0.493 e. The lowest BCUT2D eigenvalue weighted by molar-refractivity contribution is 0.355. The van der Waals surface area contributed by atoms with Crippen LogP contribution in [-0.4, -0.2) is 20.0 Å². The Morgan fingerprint density at radius 3 is 2.33 bits per heavy atom. The molecule has 0 heterocycles. The summed E-state index contributed by atoms with van der Waals surface area (Å²) in [7, 11) is 3.31. The Balaban J connectivity index is 2.38. The SMILES string of the molecule is CCS/C(=C/c1ccc(OC)c(OC)c1)c1ccccc1. The molecular weight excluding hydrogens is 280 g/mol. The van der Waals surface area contributed by atoms with E-state index in [1.807, 2.05) is 36.0 Å². The van der Waals surface area contributed by atoms with Gasteiger partial charge in [-0.05, 0) is 35.1 Å². The van der Waals surface area contributed by atoms with E-state index in [0.717, 1.165) is 22.8 Å². The molecule has 0 spiro atoms. The van der Waals surface area contributed by atoms with Crippen molar-refractivity contribution in [2.75, 3.05) is 20.0 Å². The highest BCUT2D eigenvalue weighted by molar-refractivity contribution is 8.08. The molecule has 0 aliphatic rings. The Labute approximate surface area is 130 Å². The van der Waals surface area contributed by atoms with E-state index in [2.05, 4.69) is 37.3 Å². The van der Waals surface area contributed by atoms with Crippen LogP contribution >= 0.6 is 11.8 Å². The molecule has 0 fully saturated rings. The van der Waals surface area contributed by atoms with E-state index in [0.29, 0.717) is 0 Å². The third-order valence-electron chi connectivity index (χ3n) is 3.06. The second-order valence-corrected chi connectivity index (χ2v) is 5.73. The Morgan fingerprint density at radius 1 is 1.00 bits per heavy atom. The van der Waals surface area contributed by atoms with E-state index in [9.17, 15) is 0 Å². The van der Waals surface area contributed by atoms with E-state index >= 15 is 0 Å². The average molecular weight is 300 g/mol. The number of rotatable bonds is 6. The molecule has 3 heteroatoms. The van der Waals surface area contributed by atoms with Crippen LogP contribution in [0.2, 0.25) is 0 Å². The molecule has 0 radical (unpaired) electrons. The number of benzene rings is 2. The highest BCUT2D eigenvalue weighted by Gasteiger charge is 2.05. The number of ether oxygens (including phenoxy) is 2. The molecule has 0 aliphatic carbocycles. The van der Waals surface area contributed by atoms with E-state index in [4.69, 9.17) is 9.47 Å². The molecule has 0 aliphatic heterocycles. The zero-order valence-corrected chi connectivity index (χ0v) is 13.4. The molecule has 0 bridgehead atoms. The molecule has 2 aromatic carbocycles. The van der Waals surface area contributed by atoms with E-state index in [-0.39, 0.29) is 0 Å². The van der Waals surface area contributed by atoms with Crippen LogP contribution < -0.4 is 9.47 Å². The topological polar surface area (TPSA) is 18.5 Å². The maximum Gasteiger partial charge on any atom is 0.161 e. The van der Waals surface area contributed by atoms with E-state index in [1.54, 1.807) is 14.2 Å². The minimum atomic E-state index is 0.749. The first-order valence-electron chi connectivity index (χ1n) is 6.90. The standard InChI is InChI=1S/C18H20O2S/c1-4-21-18(15-8-6-5-7-9-15)13-14-10-11-16(19-2)17(12-14)20-3/h5-13H,4H2,1-3H3/b18-13+. The van der Waals surface area contributed by atoms with Crippen molar-refractivity contribution < 1.29 is 9.47 Å². The van der Waals surface area contributed by atoms with Gasteiger partial charge in [0.15, 0.2) is 11.5 Å². The fourth-order valence-electron chi connectivity index (χ4n) is 2.06. The first-order valence-corrected chi connectivity index (χ1v) is 7.89. The molecule has 2 nitrogen and oxygen atoms in total. The van der Waals surface area contributed by atoms with Crippen molar-refractivity contribution in [3.05, 3.63) is 59.7 Å². The molecule has 0 unspecified atom stereocenters. The third-order valence-corrected chi connectivity index (χ3v) is 4.02. The molecule has 2 rings (SSSR count). The van der Waals surface area contributed by atoms with Crippen LogP contribution in [-0.2, 0) is 0 Å². The summed E-state index contributed by atoms with van der Waals surface area (Å²) < 4.78 is 10.6. The molecule has 110 valence electrons. The molecule has 0 amide bonds. The predicted octanol–water partition coefficient (Wildman–Crippen LogP) is 4.96. The lowest BCUT2D eigenvalue weighted by atomic mass is 10.1. The van der Waals surface area contributed by atoms with Crippen molar-refractivity contribution in [1.29, 1.82) is 0 Å². The van der Waals surface area contributed by atoms with Crippen molar-refractivity contribution in [3.8, 4) is 11.5 Å². The van der Waals surface area contributed by atoms with Crippen molar-refractivity contribution >= 4 is 22.7 Å². The monoisotopic (exact) mass is 300 g/mol. The van der Waals surface area contributed by atoms with Gasteiger partial charge in [-0.2, -0.15) is 0 Å². The molecule has 0 atom stereocenters. The second-order valence-electron chi connectivity index (χ2n) is 4.42. The fraction of sp³-hybridized carbons (Fsp3) is 0.222. The number of thioether (sulfide) groups is 1. The van der Waals surface area contributed by atoms with Gasteiger partial charge >= 0.3 is 0 Å². The van der Waals surface area contributed by atoms with Gasteiger partial charge in [-0.25, -0.2) is 0 Å². The summed E-state index contributed by atoms with van der Waals surface area (Å²) in [4.78, 5) is 1.25. The van der Waals surface area contributed by atoms with Gasteiger partial charge < -0.3 is 9.47 Å². The number of methoxy groups -OCH3 is 2. The Bertz CT molecular complexity index is 606. The van der Waals surface area contributed by atoms with Crippen LogP contribution in [0.5, 0.6) is 11.5 Å². The quantitative estimate of drug-likeness (QED) is 0.703. The summed E-state index contributed by atoms with van der Waals surface area (Å²) in [6.07, 6.45) is 2.19. The fourth-order valence-corrected chi connectivity index (χ4v) is 2.89. The van der Waals surface area contributed by atoms with E-state index < -0.39 is 0 Å². The van der Waals surface area contributed by atoms with Gasteiger partial charge in [-0.15, -0.1) is 11.8 Å². The predicted molar refractivity (Wildman–Crippen MR) is 92.0 cm³/mol. The normalized spacial score (nSPS) is 11.3. The van der Waals surface area contributed by atoms with Crippen molar-refractivity contribution in [2.24, 2.45) is 0 Å². The molecule has 2 aromatic rings. The summed E-state index contributed by atoms with van der Waals surface area (Å²) in [6.45, 7) is 2.16. The first-order chi connectivity index (χ1) is 10.3. The number of hydrogen-bond acceptors (Lipinski definition) is 3. The van der Waals surface area contributed by atoms with Crippen molar-refractivity contribution in [3.63, 3.8) is 0 Å². The van der Waals surface area contributed by atoms with Crippen LogP contribution in [0.15, 0.2) is 48.5 Å². The third kappa shape index (κ3) is 4.05. The van der Waals surface area contributed by atoms with Gasteiger partial charge in [0, 0.05) is 4.91 Å². The molecule has 0 N–H and O–H groups in total. The molecule has 0 saturated carbocycles. The summed E-state index contributed by atoms with van der Waals surface area (Å²) >= 11 is 1.84. The molecule has 0 saturated heterocycles. The Hall–Kier alpha value is -1.87. The zero-order valence-electron chi connectivity index (χ0n) is 12.6. The highest BCUT2D eigenvalue weighted by atomic mass is 32.2. The summed E-state index contributed by atoms with van der Waals surface area (Å²) in [5.74, 6) is 2.54. The summed E-state index contributed by atoms with van der Waals surface area (Å²) in [5.41, 5.74) is 2.34. The molecule has 0 aromatic heterocycles. The van der Waals surface area contributed by atoms with Gasteiger partial charge in [-0.1, -0.05) is 43.3 Å². The van der Waals surface area contributed by atoms with Crippen LogP contribution in [0.3, 0.4) is 0 Å².